The zero-order valence-electron chi connectivity index (χ0n) is 17.4. The van der Waals surface area contributed by atoms with Gasteiger partial charge in [0.15, 0.2) is 0 Å². The molecule has 1 atom stereocenters. The fourth-order valence-corrected chi connectivity index (χ4v) is 4.44. The third-order valence-electron chi connectivity index (χ3n) is 6.03. The van der Waals surface area contributed by atoms with Gasteiger partial charge in [0.05, 0.1) is 5.92 Å². The number of carbonyl (C=O) groups is 1. The highest BCUT2D eigenvalue weighted by molar-refractivity contribution is 5.79. The molecule has 1 aromatic carbocycles. The molecule has 160 valence electrons. The van der Waals surface area contributed by atoms with E-state index >= 15 is 0 Å². The lowest BCUT2D eigenvalue weighted by atomic mass is 9.96. The predicted octanol–water partition coefficient (Wildman–Crippen LogP) is 4.07. The van der Waals surface area contributed by atoms with E-state index in [-0.39, 0.29) is 23.7 Å². The Morgan fingerprint density at radius 3 is 2.83 bits per heavy atom. The van der Waals surface area contributed by atoms with Crippen molar-refractivity contribution in [2.24, 2.45) is 5.92 Å². The van der Waals surface area contributed by atoms with Gasteiger partial charge in [0.1, 0.15) is 11.9 Å². The molecule has 2 aliphatic rings. The fraction of sp³-hybridized carbons (Fsp3) is 0.500. The summed E-state index contributed by atoms with van der Waals surface area (Å²) in [5.74, 6) is 0.470. The number of rotatable bonds is 7. The molecule has 1 N–H and O–H groups in total. The van der Waals surface area contributed by atoms with Gasteiger partial charge in [-0.1, -0.05) is 12.1 Å². The number of aromatic nitrogens is 1. The van der Waals surface area contributed by atoms with Crippen molar-refractivity contribution in [1.82, 2.24) is 15.2 Å². The first-order valence-electron chi connectivity index (χ1n) is 11.0. The van der Waals surface area contributed by atoms with E-state index in [1.165, 1.54) is 18.9 Å². The average molecular weight is 412 g/mol. The van der Waals surface area contributed by atoms with E-state index in [4.69, 9.17) is 4.74 Å². The normalized spacial score (nSPS) is 20.2. The molecule has 6 heteroatoms. The van der Waals surface area contributed by atoms with Crippen LogP contribution in [0.5, 0.6) is 5.88 Å². The number of benzene rings is 1. The molecule has 2 heterocycles. The minimum Gasteiger partial charge on any atom is -0.474 e. The molecular formula is C24H30FN3O2. The number of hydrogen-bond acceptors (Lipinski definition) is 4. The van der Waals surface area contributed by atoms with Crippen LogP contribution < -0.4 is 10.1 Å². The number of nitrogens with one attached hydrogen (secondary N) is 1. The van der Waals surface area contributed by atoms with Gasteiger partial charge in [0.2, 0.25) is 11.8 Å². The highest BCUT2D eigenvalue weighted by Gasteiger charge is 2.25. The summed E-state index contributed by atoms with van der Waals surface area (Å²) in [4.78, 5) is 19.3. The second kappa shape index (κ2) is 10.0. The van der Waals surface area contributed by atoms with Crippen LogP contribution in [0.15, 0.2) is 42.6 Å². The minimum atomic E-state index is -0.215. The molecule has 1 saturated carbocycles. The first kappa shape index (κ1) is 20.8. The summed E-state index contributed by atoms with van der Waals surface area (Å²) < 4.78 is 19.4. The Morgan fingerprint density at radius 2 is 2.00 bits per heavy atom. The van der Waals surface area contributed by atoms with Crippen LogP contribution in [0.25, 0.3) is 0 Å². The Morgan fingerprint density at radius 1 is 1.13 bits per heavy atom. The van der Waals surface area contributed by atoms with Gasteiger partial charge < -0.3 is 10.1 Å². The van der Waals surface area contributed by atoms with E-state index in [2.05, 4.69) is 15.2 Å². The van der Waals surface area contributed by atoms with E-state index in [1.54, 1.807) is 18.3 Å². The molecule has 0 radical (unpaired) electrons. The maximum absolute atomic E-state index is 13.4. The highest BCUT2D eigenvalue weighted by Crippen LogP contribution is 2.23. The molecule has 30 heavy (non-hydrogen) atoms. The predicted molar refractivity (Wildman–Crippen MR) is 113 cm³/mol. The van der Waals surface area contributed by atoms with Gasteiger partial charge >= 0.3 is 0 Å². The summed E-state index contributed by atoms with van der Waals surface area (Å²) in [6.45, 7) is 2.79. The van der Waals surface area contributed by atoms with Crippen molar-refractivity contribution in [3.63, 3.8) is 0 Å². The number of hydrogen-bond donors (Lipinski definition) is 1. The van der Waals surface area contributed by atoms with Gasteiger partial charge in [-0.15, -0.1) is 0 Å². The largest absolute Gasteiger partial charge is 0.474 e. The Kier molecular flexibility index (Phi) is 6.95. The second-order valence-electron chi connectivity index (χ2n) is 8.45. The van der Waals surface area contributed by atoms with Crippen LogP contribution in [-0.2, 0) is 17.9 Å². The topological polar surface area (TPSA) is 54.5 Å². The number of likely N-dealkylation sites (tertiary alicyclic amines) is 1. The fourth-order valence-electron chi connectivity index (χ4n) is 4.44. The molecule has 0 bridgehead atoms. The molecule has 1 aliphatic carbocycles. The third kappa shape index (κ3) is 5.79. The summed E-state index contributed by atoms with van der Waals surface area (Å²) in [7, 11) is 0. The molecule has 4 rings (SSSR count). The van der Waals surface area contributed by atoms with Gasteiger partial charge in [-0.25, -0.2) is 9.37 Å². The molecular weight excluding hydrogens is 381 g/mol. The maximum Gasteiger partial charge on any atom is 0.224 e. The standard InChI is InChI=1S/C24H30FN3O2/c25-21-7-3-5-19(13-21)16-28-12-4-6-20(17-28)24(29)27-15-18-10-11-26-23(14-18)30-22-8-1-2-9-22/h3,5,7,10-11,13-14,20,22H,1-2,4,6,8-9,12,15-17H2,(H,27,29). The number of pyridine rings is 1. The number of amides is 1. The van der Waals surface area contributed by atoms with E-state index in [1.807, 2.05) is 18.2 Å². The summed E-state index contributed by atoms with van der Waals surface area (Å²) in [5.41, 5.74) is 1.95. The lowest BCUT2D eigenvalue weighted by Gasteiger charge is -2.32. The molecule has 1 unspecified atom stereocenters. The van der Waals surface area contributed by atoms with Crippen molar-refractivity contribution in [1.29, 1.82) is 0 Å². The Hall–Kier alpha value is -2.47. The first-order valence-corrected chi connectivity index (χ1v) is 11.0. The molecule has 2 fully saturated rings. The molecule has 1 aromatic heterocycles. The van der Waals surface area contributed by atoms with E-state index < -0.39 is 0 Å². The SMILES string of the molecule is O=C(NCc1ccnc(OC2CCCC2)c1)C1CCCN(Cc2cccc(F)c2)C1. The van der Waals surface area contributed by atoms with Crippen molar-refractivity contribution >= 4 is 5.91 Å². The summed E-state index contributed by atoms with van der Waals surface area (Å²) in [6, 6.07) is 10.5. The third-order valence-corrected chi connectivity index (χ3v) is 6.03. The summed E-state index contributed by atoms with van der Waals surface area (Å²) in [5, 5.41) is 3.07. The second-order valence-corrected chi connectivity index (χ2v) is 8.45. The monoisotopic (exact) mass is 411 g/mol. The lowest BCUT2D eigenvalue weighted by molar-refractivity contribution is -0.126. The quantitative estimate of drug-likeness (QED) is 0.746. The average Bonchev–Trinajstić information content (AvgIpc) is 3.25. The lowest BCUT2D eigenvalue weighted by Crippen LogP contribution is -2.42. The van der Waals surface area contributed by atoms with Crippen LogP contribution in [0.3, 0.4) is 0 Å². The number of piperidine rings is 1. The Balaban J connectivity index is 1.27. The van der Waals surface area contributed by atoms with Crippen molar-refractivity contribution in [2.75, 3.05) is 13.1 Å². The summed E-state index contributed by atoms with van der Waals surface area (Å²) in [6.07, 6.45) is 8.50. The van der Waals surface area contributed by atoms with Gasteiger partial charge in [0.25, 0.3) is 0 Å². The van der Waals surface area contributed by atoms with Gasteiger partial charge in [0, 0.05) is 31.9 Å². The Bertz CT molecular complexity index is 854. The smallest absolute Gasteiger partial charge is 0.224 e. The van der Waals surface area contributed by atoms with Crippen LogP contribution in [0.1, 0.15) is 49.7 Å². The molecule has 1 aliphatic heterocycles. The number of carbonyl (C=O) groups excluding carboxylic acids is 1. The van der Waals surface area contributed by atoms with Gasteiger partial charge in [-0.2, -0.15) is 0 Å². The van der Waals surface area contributed by atoms with Crippen LogP contribution in [0.2, 0.25) is 0 Å². The minimum absolute atomic E-state index is 0.0386. The van der Waals surface area contributed by atoms with Crippen molar-refractivity contribution in [3.8, 4) is 5.88 Å². The highest BCUT2D eigenvalue weighted by atomic mass is 19.1. The zero-order valence-corrected chi connectivity index (χ0v) is 17.4. The number of ether oxygens (including phenoxy) is 1. The van der Waals surface area contributed by atoms with E-state index in [0.29, 0.717) is 25.5 Å². The molecule has 2 aromatic rings. The summed E-state index contributed by atoms with van der Waals surface area (Å²) >= 11 is 0. The van der Waals surface area contributed by atoms with E-state index in [0.717, 1.165) is 43.4 Å². The molecule has 1 amide bonds. The van der Waals surface area contributed by atoms with Crippen molar-refractivity contribution in [2.45, 2.75) is 57.7 Å². The van der Waals surface area contributed by atoms with E-state index in [9.17, 15) is 9.18 Å². The Labute approximate surface area is 177 Å². The molecule has 5 nitrogen and oxygen atoms in total. The van der Waals surface area contributed by atoms with Crippen LogP contribution in [-0.4, -0.2) is 35.0 Å². The maximum atomic E-state index is 13.4. The van der Waals surface area contributed by atoms with Crippen LogP contribution in [0, 0.1) is 11.7 Å². The number of halogens is 1. The molecule has 1 saturated heterocycles. The van der Waals surface area contributed by atoms with Gasteiger partial charge in [-0.3, -0.25) is 9.69 Å². The first-order chi connectivity index (χ1) is 14.7. The van der Waals surface area contributed by atoms with Gasteiger partial charge in [-0.05, 0) is 74.4 Å². The van der Waals surface area contributed by atoms with Crippen molar-refractivity contribution < 1.29 is 13.9 Å². The zero-order chi connectivity index (χ0) is 20.8. The van der Waals surface area contributed by atoms with Crippen LogP contribution >= 0.6 is 0 Å². The number of nitrogens with zero attached hydrogens (tertiary/aromatic N) is 2. The van der Waals surface area contributed by atoms with Crippen LogP contribution in [0.4, 0.5) is 4.39 Å². The van der Waals surface area contributed by atoms with Crippen molar-refractivity contribution in [3.05, 3.63) is 59.5 Å². The molecule has 0 spiro atoms.